The van der Waals surface area contributed by atoms with Crippen LogP contribution in [-0.2, 0) is 4.79 Å². The Balaban J connectivity index is 1.49. The van der Waals surface area contributed by atoms with Crippen LogP contribution in [0, 0.1) is 0 Å². The number of anilines is 1. The molecule has 1 amide bonds. The standard InChI is InChI=1S/C20H13Cl2N3O2S/c21-13-2-4-14(5-3-13)28-11-19(26)24-16-9-12(1-6-15(16)22)20-25-17-10-23-8-7-18(17)27-20/h1-10H,11H2,(H,24,26). The van der Waals surface area contributed by atoms with Crippen molar-refractivity contribution in [1.82, 2.24) is 9.97 Å². The summed E-state index contributed by atoms with van der Waals surface area (Å²) in [6, 6.07) is 14.3. The fourth-order valence-electron chi connectivity index (χ4n) is 2.52. The van der Waals surface area contributed by atoms with E-state index in [0.29, 0.717) is 38.3 Å². The average Bonchev–Trinajstić information content (AvgIpc) is 3.13. The van der Waals surface area contributed by atoms with Crippen molar-refractivity contribution < 1.29 is 9.21 Å². The van der Waals surface area contributed by atoms with E-state index < -0.39 is 0 Å². The molecule has 0 aliphatic heterocycles. The van der Waals surface area contributed by atoms with Crippen LogP contribution < -0.4 is 5.32 Å². The molecule has 2 heterocycles. The molecule has 0 spiro atoms. The summed E-state index contributed by atoms with van der Waals surface area (Å²) >= 11 is 13.5. The molecule has 5 nitrogen and oxygen atoms in total. The number of nitrogens with zero attached hydrogens (tertiary/aromatic N) is 2. The number of hydrogen-bond acceptors (Lipinski definition) is 5. The molecule has 2 aromatic carbocycles. The number of hydrogen-bond donors (Lipinski definition) is 1. The van der Waals surface area contributed by atoms with Crippen molar-refractivity contribution in [3.8, 4) is 11.5 Å². The number of benzene rings is 2. The smallest absolute Gasteiger partial charge is 0.234 e. The molecule has 8 heteroatoms. The number of aromatic nitrogens is 2. The molecule has 140 valence electrons. The van der Waals surface area contributed by atoms with Crippen molar-refractivity contribution in [1.29, 1.82) is 0 Å². The molecule has 0 atom stereocenters. The van der Waals surface area contributed by atoms with Gasteiger partial charge in [0.1, 0.15) is 5.52 Å². The second kappa shape index (κ2) is 8.22. The predicted molar refractivity (Wildman–Crippen MR) is 113 cm³/mol. The third-order valence-electron chi connectivity index (χ3n) is 3.86. The van der Waals surface area contributed by atoms with Crippen molar-refractivity contribution in [3.63, 3.8) is 0 Å². The maximum Gasteiger partial charge on any atom is 0.234 e. The summed E-state index contributed by atoms with van der Waals surface area (Å²) in [6.07, 6.45) is 3.28. The van der Waals surface area contributed by atoms with Gasteiger partial charge >= 0.3 is 0 Å². The highest BCUT2D eigenvalue weighted by atomic mass is 35.5. The fourth-order valence-corrected chi connectivity index (χ4v) is 3.51. The largest absolute Gasteiger partial charge is 0.436 e. The van der Waals surface area contributed by atoms with Gasteiger partial charge in [-0.2, -0.15) is 0 Å². The van der Waals surface area contributed by atoms with E-state index in [1.807, 2.05) is 12.1 Å². The molecule has 0 fully saturated rings. The van der Waals surface area contributed by atoms with Crippen molar-refractivity contribution in [2.24, 2.45) is 0 Å². The molecule has 0 aliphatic rings. The average molecular weight is 430 g/mol. The number of nitrogens with one attached hydrogen (secondary N) is 1. The van der Waals surface area contributed by atoms with Gasteiger partial charge in [-0.25, -0.2) is 4.98 Å². The maximum atomic E-state index is 12.3. The van der Waals surface area contributed by atoms with E-state index in [-0.39, 0.29) is 11.7 Å². The summed E-state index contributed by atoms with van der Waals surface area (Å²) in [5.74, 6) is 0.517. The normalized spacial score (nSPS) is 10.9. The second-order valence-corrected chi connectivity index (χ2v) is 7.74. The SMILES string of the molecule is O=C(CSc1ccc(Cl)cc1)Nc1cc(-c2nc3cnccc3o2)ccc1Cl. The van der Waals surface area contributed by atoms with Gasteiger partial charge in [-0.3, -0.25) is 9.78 Å². The predicted octanol–water partition coefficient (Wildman–Crippen LogP) is 5.93. The molecule has 4 rings (SSSR count). The molecule has 0 aliphatic carbocycles. The lowest BCUT2D eigenvalue weighted by Crippen LogP contribution is -2.14. The first kappa shape index (κ1) is 18.8. The van der Waals surface area contributed by atoms with Gasteiger partial charge in [-0.1, -0.05) is 23.2 Å². The van der Waals surface area contributed by atoms with Crippen molar-refractivity contribution >= 4 is 57.7 Å². The molecule has 0 saturated carbocycles. The van der Waals surface area contributed by atoms with Crippen molar-refractivity contribution in [2.45, 2.75) is 4.90 Å². The molecule has 1 N–H and O–H groups in total. The van der Waals surface area contributed by atoms with E-state index >= 15 is 0 Å². The molecule has 0 bridgehead atoms. The van der Waals surface area contributed by atoms with Crippen molar-refractivity contribution in [2.75, 3.05) is 11.1 Å². The van der Waals surface area contributed by atoms with Gasteiger partial charge in [0.2, 0.25) is 11.8 Å². The topological polar surface area (TPSA) is 68.0 Å². The van der Waals surface area contributed by atoms with Crippen molar-refractivity contribution in [3.05, 3.63) is 71.0 Å². The number of amides is 1. The lowest BCUT2D eigenvalue weighted by atomic mass is 10.2. The van der Waals surface area contributed by atoms with Gasteiger partial charge in [0.15, 0.2) is 5.58 Å². The summed E-state index contributed by atoms with van der Waals surface area (Å²) in [7, 11) is 0. The van der Waals surface area contributed by atoms with E-state index in [1.165, 1.54) is 11.8 Å². The Labute approximate surface area is 175 Å². The Bertz CT molecular complexity index is 1110. The van der Waals surface area contributed by atoms with Gasteiger partial charge in [0.05, 0.1) is 22.7 Å². The summed E-state index contributed by atoms with van der Waals surface area (Å²) < 4.78 is 5.75. The molecule has 0 radical (unpaired) electrons. The number of oxazole rings is 1. The first-order valence-corrected chi connectivity index (χ1v) is 10.0. The highest BCUT2D eigenvalue weighted by molar-refractivity contribution is 8.00. The monoisotopic (exact) mass is 429 g/mol. The molecular formula is C20H13Cl2N3O2S. The van der Waals surface area contributed by atoms with E-state index in [4.69, 9.17) is 27.6 Å². The zero-order chi connectivity index (χ0) is 19.5. The number of pyridine rings is 1. The van der Waals surface area contributed by atoms with E-state index in [9.17, 15) is 4.79 Å². The van der Waals surface area contributed by atoms with Crippen LogP contribution in [0.1, 0.15) is 0 Å². The number of carbonyl (C=O) groups excluding carboxylic acids is 1. The van der Waals surface area contributed by atoms with Crippen LogP contribution in [0.4, 0.5) is 5.69 Å². The zero-order valence-electron chi connectivity index (χ0n) is 14.4. The van der Waals surface area contributed by atoms with Gasteiger partial charge < -0.3 is 9.73 Å². The van der Waals surface area contributed by atoms with E-state index in [1.54, 1.807) is 48.8 Å². The number of carbonyl (C=O) groups is 1. The third-order valence-corrected chi connectivity index (χ3v) is 5.45. The Morgan fingerprint density at radius 3 is 2.71 bits per heavy atom. The Hall–Kier alpha value is -2.54. The quantitative estimate of drug-likeness (QED) is 0.398. The van der Waals surface area contributed by atoms with Gasteiger partial charge in [-0.15, -0.1) is 11.8 Å². The lowest BCUT2D eigenvalue weighted by molar-refractivity contribution is -0.113. The maximum absolute atomic E-state index is 12.3. The van der Waals surface area contributed by atoms with Gasteiger partial charge in [0, 0.05) is 27.7 Å². The lowest BCUT2D eigenvalue weighted by Gasteiger charge is -2.08. The van der Waals surface area contributed by atoms with Crippen LogP contribution in [0.2, 0.25) is 10.0 Å². The summed E-state index contributed by atoms with van der Waals surface area (Å²) in [6.45, 7) is 0. The molecule has 0 unspecified atom stereocenters. The first-order valence-electron chi connectivity index (χ1n) is 8.27. The number of fused-ring (bicyclic) bond motifs is 1. The Morgan fingerprint density at radius 1 is 1.11 bits per heavy atom. The van der Waals surface area contributed by atoms with Crippen LogP contribution in [-0.4, -0.2) is 21.6 Å². The summed E-state index contributed by atoms with van der Waals surface area (Å²) in [5, 5.41) is 3.93. The van der Waals surface area contributed by atoms with E-state index in [0.717, 1.165) is 4.90 Å². The minimum Gasteiger partial charge on any atom is -0.436 e. The number of thioether (sulfide) groups is 1. The highest BCUT2D eigenvalue weighted by Gasteiger charge is 2.12. The Kier molecular flexibility index (Phi) is 5.52. The molecule has 4 aromatic rings. The molecule has 2 aromatic heterocycles. The van der Waals surface area contributed by atoms with Crippen LogP contribution in [0.25, 0.3) is 22.6 Å². The highest BCUT2D eigenvalue weighted by Crippen LogP contribution is 2.30. The molecule has 0 saturated heterocycles. The zero-order valence-corrected chi connectivity index (χ0v) is 16.7. The van der Waals surface area contributed by atoms with Gasteiger partial charge in [0.25, 0.3) is 0 Å². The first-order chi connectivity index (χ1) is 13.6. The summed E-state index contributed by atoms with van der Waals surface area (Å²) in [4.78, 5) is 21.7. The minimum atomic E-state index is -0.166. The number of rotatable bonds is 5. The van der Waals surface area contributed by atoms with E-state index in [2.05, 4.69) is 15.3 Å². The summed E-state index contributed by atoms with van der Waals surface area (Å²) in [5.41, 5.74) is 2.52. The minimum absolute atomic E-state index is 0.166. The fraction of sp³-hybridized carbons (Fsp3) is 0.0500. The molecular weight excluding hydrogens is 417 g/mol. The van der Waals surface area contributed by atoms with Crippen LogP contribution in [0.5, 0.6) is 0 Å². The van der Waals surface area contributed by atoms with Crippen LogP contribution in [0.15, 0.2) is 70.2 Å². The van der Waals surface area contributed by atoms with Crippen LogP contribution >= 0.6 is 35.0 Å². The second-order valence-electron chi connectivity index (χ2n) is 5.85. The van der Waals surface area contributed by atoms with Gasteiger partial charge in [-0.05, 0) is 42.5 Å². The van der Waals surface area contributed by atoms with Crippen LogP contribution in [0.3, 0.4) is 0 Å². The third kappa shape index (κ3) is 4.30. The Morgan fingerprint density at radius 2 is 1.93 bits per heavy atom. The molecule has 28 heavy (non-hydrogen) atoms. The number of halogens is 2.